The van der Waals surface area contributed by atoms with Gasteiger partial charge in [-0.1, -0.05) is 15.9 Å². The number of nitrogens with two attached hydrogens (primary N) is 2. The van der Waals surface area contributed by atoms with Gasteiger partial charge in [0, 0.05) is 5.33 Å². The third kappa shape index (κ3) is 6.40. The lowest BCUT2D eigenvalue weighted by molar-refractivity contribution is 0.478. The minimum absolute atomic E-state index is 0.497. The molecule has 0 aromatic carbocycles. The highest BCUT2D eigenvalue weighted by Gasteiger charge is 2.07. The van der Waals surface area contributed by atoms with Gasteiger partial charge in [-0.15, -0.1) is 0 Å². The van der Waals surface area contributed by atoms with Gasteiger partial charge in [0.15, 0.2) is 0 Å². The molecule has 0 radical (unpaired) electrons. The van der Waals surface area contributed by atoms with Crippen LogP contribution in [0.5, 0.6) is 0 Å². The smallest absolute Gasteiger partial charge is 0.0615 e. The van der Waals surface area contributed by atoms with Crippen molar-refractivity contribution in [3.8, 4) is 0 Å². The van der Waals surface area contributed by atoms with E-state index >= 15 is 0 Å². The van der Waals surface area contributed by atoms with Crippen LogP contribution in [0.1, 0.15) is 13.3 Å². The zero-order valence-corrected chi connectivity index (χ0v) is 6.03. The van der Waals surface area contributed by atoms with E-state index < -0.39 is 5.66 Å². The predicted octanol–water partition coefficient (Wildman–Crippen LogP) is 0.405. The van der Waals surface area contributed by atoms with Crippen LogP contribution < -0.4 is 11.5 Å². The molecular formula is C4H11BrN2. The summed E-state index contributed by atoms with van der Waals surface area (Å²) in [5.41, 5.74) is 10.3. The van der Waals surface area contributed by atoms with Gasteiger partial charge >= 0.3 is 0 Å². The highest BCUT2D eigenvalue weighted by Crippen LogP contribution is 1.97. The summed E-state index contributed by atoms with van der Waals surface area (Å²) in [6.07, 6.45) is 0.812. The van der Waals surface area contributed by atoms with Crippen LogP contribution in [0.4, 0.5) is 0 Å². The molecule has 0 aliphatic heterocycles. The summed E-state index contributed by atoms with van der Waals surface area (Å²) in [5, 5.41) is 0.872. The molecule has 0 unspecified atom stereocenters. The van der Waals surface area contributed by atoms with Crippen LogP contribution in [-0.2, 0) is 0 Å². The lowest BCUT2D eigenvalue weighted by atomic mass is 10.2. The zero-order chi connectivity index (χ0) is 5.91. The molecule has 0 spiro atoms. The van der Waals surface area contributed by atoms with Gasteiger partial charge in [-0.2, -0.15) is 0 Å². The van der Waals surface area contributed by atoms with E-state index in [4.69, 9.17) is 11.5 Å². The van der Waals surface area contributed by atoms with Gasteiger partial charge in [-0.25, -0.2) is 0 Å². The Morgan fingerprint density at radius 3 is 2.00 bits per heavy atom. The highest BCUT2D eigenvalue weighted by atomic mass is 79.9. The molecule has 2 nitrogen and oxygen atoms in total. The first-order valence-corrected chi connectivity index (χ1v) is 3.32. The summed E-state index contributed by atoms with van der Waals surface area (Å²) in [6, 6.07) is 0. The molecule has 0 aromatic heterocycles. The quantitative estimate of drug-likeness (QED) is 0.462. The second-order valence-corrected chi connectivity index (χ2v) is 2.74. The van der Waals surface area contributed by atoms with Crippen molar-refractivity contribution in [1.29, 1.82) is 0 Å². The van der Waals surface area contributed by atoms with Gasteiger partial charge in [-0.05, 0) is 13.3 Å². The fourth-order valence-electron chi connectivity index (χ4n) is 0.204. The maximum absolute atomic E-state index is 5.39. The normalized spacial score (nSPS) is 12.0. The molecule has 0 rings (SSSR count). The fraction of sp³-hybridized carbons (Fsp3) is 1.00. The Balaban J connectivity index is 3.15. The molecule has 0 aliphatic carbocycles. The third-order valence-corrected chi connectivity index (χ3v) is 1.03. The third-order valence-electron chi connectivity index (χ3n) is 0.633. The summed E-state index contributed by atoms with van der Waals surface area (Å²) in [6.45, 7) is 1.80. The summed E-state index contributed by atoms with van der Waals surface area (Å²) in [5.74, 6) is 0. The van der Waals surface area contributed by atoms with Crippen LogP contribution in [0.15, 0.2) is 0 Å². The summed E-state index contributed by atoms with van der Waals surface area (Å²) < 4.78 is 0. The molecule has 0 bridgehead atoms. The van der Waals surface area contributed by atoms with Crippen molar-refractivity contribution in [2.24, 2.45) is 11.5 Å². The monoisotopic (exact) mass is 166 g/mol. The standard InChI is InChI=1S/C4H11BrN2/c1-4(6,7)2-3-5/h2-3,6-7H2,1H3. The van der Waals surface area contributed by atoms with Crippen LogP contribution in [0, 0.1) is 0 Å². The molecule has 0 atom stereocenters. The maximum Gasteiger partial charge on any atom is 0.0615 e. The highest BCUT2D eigenvalue weighted by molar-refractivity contribution is 9.09. The number of rotatable bonds is 2. The number of alkyl halides is 1. The van der Waals surface area contributed by atoms with Crippen molar-refractivity contribution in [3.05, 3.63) is 0 Å². The number of hydrogen-bond acceptors (Lipinski definition) is 2. The predicted molar refractivity (Wildman–Crippen MR) is 35.2 cm³/mol. The van der Waals surface area contributed by atoms with Crippen LogP contribution in [0.3, 0.4) is 0 Å². The molecule has 7 heavy (non-hydrogen) atoms. The van der Waals surface area contributed by atoms with Gasteiger partial charge < -0.3 is 11.5 Å². The van der Waals surface area contributed by atoms with E-state index in [1.807, 2.05) is 0 Å². The summed E-state index contributed by atoms with van der Waals surface area (Å²) >= 11 is 3.23. The Bertz CT molecular complexity index is 48.1. The molecule has 0 saturated heterocycles. The number of hydrogen-bond donors (Lipinski definition) is 2. The van der Waals surface area contributed by atoms with Gasteiger partial charge in [-0.3, -0.25) is 0 Å². The van der Waals surface area contributed by atoms with Crippen molar-refractivity contribution >= 4 is 15.9 Å². The van der Waals surface area contributed by atoms with Crippen molar-refractivity contribution in [2.45, 2.75) is 19.0 Å². The minimum atomic E-state index is -0.497. The first kappa shape index (κ1) is 7.40. The number of halogens is 1. The van der Waals surface area contributed by atoms with Crippen molar-refractivity contribution in [2.75, 3.05) is 5.33 Å². The van der Waals surface area contributed by atoms with Crippen molar-refractivity contribution in [1.82, 2.24) is 0 Å². The van der Waals surface area contributed by atoms with Crippen LogP contribution in [0.2, 0.25) is 0 Å². The van der Waals surface area contributed by atoms with Gasteiger partial charge in [0.1, 0.15) is 0 Å². The van der Waals surface area contributed by atoms with E-state index in [0.717, 1.165) is 11.8 Å². The molecule has 0 amide bonds. The molecule has 0 aromatic rings. The Labute approximate surface area is 52.4 Å². The molecule has 44 valence electrons. The van der Waals surface area contributed by atoms with E-state index in [1.165, 1.54) is 0 Å². The van der Waals surface area contributed by atoms with Gasteiger partial charge in [0.05, 0.1) is 5.66 Å². The topological polar surface area (TPSA) is 52.0 Å². The van der Waals surface area contributed by atoms with E-state index in [0.29, 0.717) is 0 Å². The van der Waals surface area contributed by atoms with Gasteiger partial charge in [0.2, 0.25) is 0 Å². The molecule has 0 saturated carbocycles. The second-order valence-electron chi connectivity index (χ2n) is 1.94. The largest absolute Gasteiger partial charge is 0.314 e. The van der Waals surface area contributed by atoms with E-state index in [-0.39, 0.29) is 0 Å². The van der Waals surface area contributed by atoms with Crippen LogP contribution in [0.25, 0.3) is 0 Å². The first-order chi connectivity index (χ1) is 3.06. The van der Waals surface area contributed by atoms with Crippen LogP contribution >= 0.6 is 15.9 Å². The molecule has 3 heteroatoms. The summed E-state index contributed by atoms with van der Waals surface area (Å²) in [4.78, 5) is 0. The fourth-order valence-corrected chi connectivity index (χ4v) is 1.06. The minimum Gasteiger partial charge on any atom is -0.314 e. The van der Waals surface area contributed by atoms with Crippen molar-refractivity contribution < 1.29 is 0 Å². The molecule has 0 heterocycles. The Hall–Kier alpha value is 0.400. The lowest BCUT2D eigenvalue weighted by Gasteiger charge is -2.15. The second kappa shape index (κ2) is 2.64. The molecule has 0 aliphatic rings. The van der Waals surface area contributed by atoms with E-state index in [9.17, 15) is 0 Å². The zero-order valence-electron chi connectivity index (χ0n) is 4.45. The Kier molecular flexibility index (Phi) is 2.80. The Morgan fingerprint density at radius 2 is 2.00 bits per heavy atom. The average Bonchev–Trinajstić information content (AvgIpc) is 1.30. The van der Waals surface area contributed by atoms with Crippen molar-refractivity contribution in [3.63, 3.8) is 0 Å². The van der Waals surface area contributed by atoms with Crippen LogP contribution in [-0.4, -0.2) is 11.0 Å². The molecular weight excluding hydrogens is 156 g/mol. The first-order valence-electron chi connectivity index (χ1n) is 2.20. The molecule has 4 N–H and O–H groups in total. The average molecular weight is 167 g/mol. The molecule has 0 fully saturated rings. The Morgan fingerprint density at radius 1 is 1.57 bits per heavy atom. The van der Waals surface area contributed by atoms with Gasteiger partial charge in [0.25, 0.3) is 0 Å². The SMILES string of the molecule is CC(N)(N)CCBr. The van der Waals surface area contributed by atoms with E-state index in [1.54, 1.807) is 6.92 Å². The lowest BCUT2D eigenvalue weighted by Crippen LogP contribution is -2.46. The maximum atomic E-state index is 5.39. The van der Waals surface area contributed by atoms with E-state index in [2.05, 4.69) is 15.9 Å². The summed E-state index contributed by atoms with van der Waals surface area (Å²) in [7, 11) is 0.